The minimum Gasteiger partial charge on any atom is -0.335 e. The van der Waals surface area contributed by atoms with Crippen LogP contribution >= 0.6 is 0 Å². The molecule has 1 saturated heterocycles. The predicted octanol–water partition coefficient (Wildman–Crippen LogP) is 0.813. The summed E-state index contributed by atoms with van der Waals surface area (Å²) in [4.78, 5) is 26.5. The molecule has 144 valence electrons. The summed E-state index contributed by atoms with van der Waals surface area (Å²) < 4.78 is 23.2. The molecule has 1 aliphatic rings. The minimum absolute atomic E-state index is 0.193. The van der Waals surface area contributed by atoms with Gasteiger partial charge in [0.25, 0.3) is 0 Å². The lowest BCUT2D eigenvalue weighted by Crippen LogP contribution is -2.58. The highest BCUT2D eigenvalue weighted by atomic mass is 32.2. The first-order valence-corrected chi connectivity index (χ1v) is 10.6. The van der Waals surface area contributed by atoms with Crippen LogP contribution in [0.3, 0.4) is 0 Å². The first kappa shape index (κ1) is 20.4. The van der Waals surface area contributed by atoms with E-state index >= 15 is 0 Å². The largest absolute Gasteiger partial charge is 0.335 e. The van der Waals surface area contributed by atoms with Crippen molar-refractivity contribution in [2.24, 2.45) is 0 Å². The van der Waals surface area contributed by atoms with Gasteiger partial charge < -0.3 is 15.5 Å². The van der Waals surface area contributed by atoms with Crippen molar-refractivity contribution in [1.29, 1.82) is 0 Å². The molecule has 0 aliphatic carbocycles. The van der Waals surface area contributed by atoms with Crippen LogP contribution in [0.25, 0.3) is 0 Å². The van der Waals surface area contributed by atoms with Crippen LogP contribution < -0.4 is 10.6 Å². The number of nitrogens with one attached hydrogen (secondary N) is 2. The molecule has 1 aromatic rings. The van der Waals surface area contributed by atoms with E-state index in [1.165, 1.54) is 11.9 Å². The molecule has 2 N–H and O–H groups in total. The van der Waals surface area contributed by atoms with Crippen molar-refractivity contribution < 1.29 is 18.0 Å². The van der Waals surface area contributed by atoms with Crippen LogP contribution in [0.2, 0.25) is 0 Å². The van der Waals surface area contributed by atoms with E-state index in [4.69, 9.17) is 0 Å². The third-order valence-corrected chi connectivity index (χ3v) is 6.91. The molecule has 0 bridgehead atoms. The number of nitrogens with zero attached hydrogens (tertiary/aromatic N) is 1. The van der Waals surface area contributed by atoms with Crippen LogP contribution in [0.5, 0.6) is 0 Å². The van der Waals surface area contributed by atoms with Gasteiger partial charge in [-0.25, -0.2) is 8.42 Å². The Labute approximate surface area is 155 Å². The molecular weight excluding hydrogens is 354 g/mol. The summed E-state index contributed by atoms with van der Waals surface area (Å²) in [6, 6.07) is 7.47. The summed E-state index contributed by atoms with van der Waals surface area (Å²) in [6.07, 6.45) is 2.31. The molecule has 0 radical (unpaired) electrons. The highest BCUT2D eigenvalue weighted by Gasteiger charge is 2.50. The van der Waals surface area contributed by atoms with Crippen LogP contribution in [-0.4, -0.2) is 62.8 Å². The number of para-hydroxylation sites is 1. The highest BCUT2D eigenvalue weighted by molar-refractivity contribution is 7.92. The van der Waals surface area contributed by atoms with Gasteiger partial charge in [-0.1, -0.05) is 25.1 Å². The van der Waals surface area contributed by atoms with Gasteiger partial charge in [-0.3, -0.25) is 9.59 Å². The molecule has 26 heavy (non-hydrogen) atoms. The van der Waals surface area contributed by atoms with Crippen LogP contribution in [0.15, 0.2) is 24.3 Å². The number of carbonyl (C=O) groups is 2. The average molecular weight is 381 g/mol. The first-order valence-electron chi connectivity index (χ1n) is 8.75. The fourth-order valence-corrected chi connectivity index (χ4v) is 4.77. The summed E-state index contributed by atoms with van der Waals surface area (Å²) in [6.45, 7) is 2.72. The maximum absolute atomic E-state index is 12.9. The standard InChI is InChI=1S/C18H27N3O4S/c1-4-14-7-5-6-8-15(14)20-16(22)13-21(2)17(23)18(26(3,24)25)9-11-19-12-10-18/h5-8,19H,4,9-13H2,1-3H3,(H,20,22). The number of hydrogen-bond donors (Lipinski definition) is 2. The smallest absolute Gasteiger partial charge is 0.244 e. The predicted molar refractivity (Wildman–Crippen MR) is 102 cm³/mol. The van der Waals surface area contributed by atoms with Crippen molar-refractivity contribution in [2.45, 2.75) is 30.9 Å². The molecule has 0 atom stereocenters. The Bertz CT molecular complexity index is 770. The van der Waals surface area contributed by atoms with Gasteiger partial charge in [0.1, 0.15) is 0 Å². The lowest BCUT2D eigenvalue weighted by atomic mass is 9.95. The van der Waals surface area contributed by atoms with Gasteiger partial charge in [-0.15, -0.1) is 0 Å². The van der Waals surface area contributed by atoms with Crippen molar-refractivity contribution in [3.63, 3.8) is 0 Å². The quantitative estimate of drug-likeness (QED) is 0.760. The Morgan fingerprint density at radius 1 is 1.23 bits per heavy atom. The summed E-state index contributed by atoms with van der Waals surface area (Å²) in [5, 5.41) is 5.88. The zero-order valence-electron chi connectivity index (χ0n) is 15.5. The number of carbonyl (C=O) groups excluding carboxylic acids is 2. The Balaban J connectivity index is 2.11. The maximum Gasteiger partial charge on any atom is 0.244 e. The fraction of sp³-hybridized carbons (Fsp3) is 0.556. The van der Waals surface area contributed by atoms with E-state index in [1.807, 2.05) is 31.2 Å². The summed E-state index contributed by atoms with van der Waals surface area (Å²) in [5.41, 5.74) is 1.71. The number of rotatable bonds is 6. The van der Waals surface area contributed by atoms with Gasteiger partial charge in [-0.05, 0) is 44.0 Å². The first-order chi connectivity index (χ1) is 12.2. The topological polar surface area (TPSA) is 95.6 Å². The van der Waals surface area contributed by atoms with E-state index in [0.717, 1.165) is 18.2 Å². The number of aryl methyl sites for hydroxylation is 1. The number of benzene rings is 1. The molecule has 7 nitrogen and oxygen atoms in total. The van der Waals surface area contributed by atoms with Gasteiger partial charge >= 0.3 is 0 Å². The number of amides is 2. The molecule has 1 fully saturated rings. The molecular formula is C18H27N3O4S. The second-order valence-corrected chi connectivity index (χ2v) is 9.06. The number of hydrogen-bond acceptors (Lipinski definition) is 5. The van der Waals surface area contributed by atoms with E-state index in [-0.39, 0.29) is 25.3 Å². The molecule has 1 heterocycles. The van der Waals surface area contributed by atoms with Crippen LogP contribution in [0.4, 0.5) is 5.69 Å². The fourth-order valence-electron chi connectivity index (χ4n) is 3.35. The Hall–Kier alpha value is -1.93. The molecule has 0 unspecified atom stereocenters. The van der Waals surface area contributed by atoms with Gasteiger partial charge in [0, 0.05) is 19.0 Å². The van der Waals surface area contributed by atoms with E-state index in [9.17, 15) is 18.0 Å². The van der Waals surface area contributed by atoms with Gasteiger partial charge in [-0.2, -0.15) is 0 Å². The van der Waals surface area contributed by atoms with Crippen LogP contribution in [-0.2, 0) is 25.8 Å². The summed E-state index contributed by atoms with van der Waals surface area (Å²) in [5.74, 6) is -0.861. The Morgan fingerprint density at radius 2 is 1.85 bits per heavy atom. The SMILES string of the molecule is CCc1ccccc1NC(=O)CN(C)C(=O)C1(S(C)(=O)=O)CCNCC1. The molecule has 2 amide bonds. The van der Waals surface area contributed by atoms with E-state index < -0.39 is 20.5 Å². The van der Waals surface area contributed by atoms with Crippen molar-refractivity contribution in [2.75, 3.05) is 38.3 Å². The molecule has 0 aromatic heterocycles. The zero-order chi connectivity index (χ0) is 19.4. The molecule has 0 spiro atoms. The van der Waals surface area contributed by atoms with Crippen molar-refractivity contribution >= 4 is 27.3 Å². The number of likely N-dealkylation sites (N-methyl/N-ethyl adjacent to an activating group) is 1. The number of sulfone groups is 1. The maximum atomic E-state index is 12.9. The summed E-state index contributed by atoms with van der Waals surface area (Å²) in [7, 11) is -2.13. The van der Waals surface area contributed by atoms with Crippen molar-refractivity contribution in [1.82, 2.24) is 10.2 Å². The molecule has 8 heteroatoms. The van der Waals surface area contributed by atoms with E-state index in [1.54, 1.807) is 0 Å². The monoisotopic (exact) mass is 381 g/mol. The second-order valence-electron chi connectivity index (χ2n) is 6.74. The summed E-state index contributed by atoms with van der Waals surface area (Å²) >= 11 is 0. The number of piperidine rings is 1. The third-order valence-electron chi connectivity index (χ3n) is 4.91. The van der Waals surface area contributed by atoms with Crippen molar-refractivity contribution in [3.8, 4) is 0 Å². The third kappa shape index (κ3) is 4.24. The van der Waals surface area contributed by atoms with Crippen LogP contribution in [0.1, 0.15) is 25.3 Å². The molecule has 1 aliphatic heterocycles. The number of anilines is 1. The van der Waals surface area contributed by atoms with Crippen molar-refractivity contribution in [3.05, 3.63) is 29.8 Å². The molecule has 2 rings (SSSR count). The zero-order valence-corrected chi connectivity index (χ0v) is 16.4. The van der Waals surface area contributed by atoms with Crippen LogP contribution in [0, 0.1) is 0 Å². The van der Waals surface area contributed by atoms with Gasteiger partial charge in [0.15, 0.2) is 14.6 Å². The molecule has 1 aromatic carbocycles. The van der Waals surface area contributed by atoms with E-state index in [2.05, 4.69) is 10.6 Å². The normalized spacial score (nSPS) is 16.7. The lowest BCUT2D eigenvalue weighted by Gasteiger charge is -2.37. The second kappa shape index (κ2) is 8.18. The van der Waals surface area contributed by atoms with Gasteiger partial charge in [0.05, 0.1) is 6.54 Å². The average Bonchev–Trinajstić information content (AvgIpc) is 2.61. The Morgan fingerprint density at radius 3 is 2.42 bits per heavy atom. The lowest BCUT2D eigenvalue weighted by molar-refractivity contribution is -0.136. The molecule has 0 saturated carbocycles. The van der Waals surface area contributed by atoms with Gasteiger partial charge in [0.2, 0.25) is 11.8 Å². The highest BCUT2D eigenvalue weighted by Crippen LogP contribution is 2.29. The minimum atomic E-state index is -3.60. The van der Waals surface area contributed by atoms with E-state index in [0.29, 0.717) is 18.8 Å². The Kier molecular flexibility index (Phi) is 6.41.